The Morgan fingerprint density at radius 3 is 2.48 bits per heavy atom. The monoisotopic (exact) mass is 394 g/mol. The molecule has 1 saturated carbocycles. The van der Waals surface area contributed by atoms with Crippen molar-refractivity contribution in [2.45, 2.75) is 31.6 Å². The molecule has 1 heterocycles. The van der Waals surface area contributed by atoms with Crippen molar-refractivity contribution in [2.24, 2.45) is 5.92 Å². The highest BCUT2D eigenvalue weighted by Crippen LogP contribution is 2.46. The van der Waals surface area contributed by atoms with Gasteiger partial charge in [-0.05, 0) is 66.5 Å². The predicted octanol–water partition coefficient (Wildman–Crippen LogP) is 3.77. The lowest BCUT2D eigenvalue weighted by Gasteiger charge is -2.22. The topological polar surface area (TPSA) is 50.8 Å². The Kier molecular flexibility index (Phi) is 5.93. The van der Waals surface area contributed by atoms with E-state index in [-0.39, 0.29) is 11.8 Å². The number of carbonyl (C=O) groups excluding carboxylic acids is 1. The van der Waals surface area contributed by atoms with E-state index in [1.165, 1.54) is 29.7 Å². The van der Waals surface area contributed by atoms with Gasteiger partial charge in [0.05, 0.1) is 0 Å². The fourth-order valence-corrected chi connectivity index (χ4v) is 3.92. The summed E-state index contributed by atoms with van der Waals surface area (Å²) in [7, 11) is 4.07. The third kappa shape index (κ3) is 5.03. The molecule has 5 nitrogen and oxygen atoms in total. The second kappa shape index (κ2) is 8.76. The highest BCUT2D eigenvalue weighted by Gasteiger charge is 2.34. The van der Waals surface area contributed by atoms with Crippen LogP contribution in [0.1, 0.15) is 36.3 Å². The van der Waals surface area contributed by atoms with E-state index < -0.39 is 0 Å². The lowest BCUT2D eigenvalue weighted by Crippen LogP contribution is -2.27. The summed E-state index contributed by atoms with van der Waals surface area (Å²) < 4.78 is 11.4. The Balaban J connectivity index is 1.31. The standard InChI is InChI=1S/C24H30N2O3/c1-26(2)20-8-3-17(4-9-20)11-12-25-24(27)16-21(18-5-6-18)19-7-10-22-23(15-19)29-14-13-28-22/h3-4,7-10,15,18,21H,5-6,11-14,16H2,1-2H3,(H,25,27). The van der Waals surface area contributed by atoms with Gasteiger partial charge in [0.15, 0.2) is 11.5 Å². The number of carbonyl (C=O) groups is 1. The molecule has 2 aromatic rings. The predicted molar refractivity (Wildman–Crippen MR) is 115 cm³/mol. The van der Waals surface area contributed by atoms with E-state index in [2.05, 4.69) is 46.6 Å². The van der Waals surface area contributed by atoms with Crippen LogP contribution in [0.25, 0.3) is 0 Å². The van der Waals surface area contributed by atoms with Crippen LogP contribution in [0.2, 0.25) is 0 Å². The maximum atomic E-state index is 12.6. The minimum absolute atomic E-state index is 0.127. The van der Waals surface area contributed by atoms with Crippen LogP contribution in [0.15, 0.2) is 42.5 Å². The van der Waals surface area contributed by atoms with Crippen LogP contribution in [-0.4, -0.2) is 39.8 Å². The Labute approximate surface area is 173 Å². The Morgan fingerprint density at radius 1 is 1.07 bits per heavy atom. The summed E-state index contributed by atoms with van der Waals surface area (Å²) in [5, 5.41) is 3.11. The molecule has 1 aliphatic heterocycles. The van der Waals surface area contributed by atoms with Crippen LogP contribution in [0.5, 0.6) is 11.5 Å². The molecular formula is C24H30N2O3. The van der Waals surface area contributed by atoms with Gasteiger partial charge in [-0.2, -0.15) is 0 Å². The van der Waals surface area contributed by atoms with Crippen molar-refractivity contribution in [2.75, 3.05) is 38.8 Å². The second-order valence-corrected chi connectivity index (χ2v) is 8.21. The summed E-state index contributed by atoms with van der Waals surface area (Å²) in [4.78, 5) is 14.7. The van der Waals surface area contributed by atoms with Gasteiger partial charge in [-0.1, -0.05) is 18.2 Å². The minimum atomic E-state index is 0.127. The van der Waals surface area contributed by atoms with E-state index in [0.717, 1.165) is 17.9 Å². The van der Waals surface area contributed by atoms with Gasteiger partial charge in [-0.15, -0.1) is 0 Å². The Hall–Kier alpha value is -2.69. The largest absolute Gasteiger partial charge is 0.486 e. The highest BCUT2D eigenvalue weighted by molar-refractivity contribution is 5.77. The van der Waals surface area contributed by atoms with Gasteiger partial charge in [-0.25, -0.2) is 0 Å². The molecule has 1 unspecified atom stereocenters. The zero-order valence-electron chi connectivity index (χ0n) is 17.3. The summed E-state index contributed by atoms with van der Waals surface area (Å²) in [5.41, 5.74) is 3.61. The van der Waals surface area contributed by atoms with Crippen LogP contribution in [0.4, 0.5) is 5.69 Å². The van der Waals surface area contributed by atoms with Gasteiger partial charge in [-0.3, -0.25) is 4.79 Å². The van der Waals surface area contributed by atoms with Gasteiger partial charge in [0.25, 0.3) is 0 Å². The summed E-state index contributed by atoms with van der Waals surface area (Å²) in [6.45, 7) is 1.85. The van der Waals surface area contributed by atoms with Crippen molar-refractivity contribution in [1.29, 1.82) is 0 Å². The lowest BCUT2D eigenvalue weighted by molar-refractivity contribution is -0.121. The van der Waals surface area contributed by atoms with Gasteiger partial charge in [0.1, 0.15) is 13.2 Å². The van der Waals surface area contributed by atoms with Gasteiger partial charge >= 0.3 is 0 Å². The minimum Gasteiger partial charge on any atom is -0.486 e. The summed E-state index contributed by atoms with van der Waals surface area (Å²) in [5.74, 6) is 2.59. The number of benzene rings is 2. The summed E-state index contributed by atoms with van der Waals surface area (Å²) in [6.07, 6.45) is 3.77. The van der Waals surface area contributed by atoms with Crippen LogP contribution in [-0.2, 0) is 11.2 Å². The number of rotatable bonds is 8. The zero-order chi connectivity index (χ0) is 20.2. The molecule has 0 bridgehead atoms. The highest BCUT2D eigenvalue weighted by atomic mass is 16.6. The van der Waals surface area contributed by atoms with E-state index in [1.807, 2.05) is 20.2 Å². The first-order chi connectivity index (χ1) is 14.1. The first kappa shape index (κ1) is 19.6. The molecular weight excluding hydrogens is 364 g/mol. The molecule has 5 heteroatoms. The fraction of sp³-hybridized carbons (Fsp3) is 0.458. The molecule has 0 spiro atoms. The number of ether oxygens (including phenoxy) is 2. The van der Waals surface area contributed by atoms with Gasteiger partial charge in [0.2, 0.25) is 5.91 Å². The van der Waals surface area contributed by atoms with Crippen molar-refractivity contribution in [3.63, 3.8) is 0 Å². The van der Waals surface area contributed by atoms with Gasteiger partial charge in [0, 0.05) is 32.7 Å². The molecule has 2 aliphatic rings. The van der Waals surface area contributed by atoms with Crippen LogP contribution in [0, 0.1) is 5.92 Å². The maximum absolute atomic E-state index is 12.6. The van der Waals surface area contributed by atoms with Crippen molar-refractivity contribution >= 4 is 11.6 Å². The summed E-state index contributed by atoms with van der Waals surface area (Å²) >= 11 is 0. The number of nitrogens with one attached hydrogen (secondary N) is 1. The fourth-order valence-electron chi connectivity index (χ4n) is 3.92. The Bertz CT molecular complexity index is 844. The van der Waals surface area contributed by atoms with E-state index >= 15 is 0 Å². The molecule has 1 amide bonds. The number of amides is 1. The first-order valence-electron chi connectivity index (χ1n) is 10.5. The smallest absolute Gasteiger partial charge is 0.220 e. The number of hydrogen-bond donors (Lipinski definition) is 1. The van der Waals surface area contributed by atoms with Gasteiger partial charge < -0.3 is 19.7 Å². The normalized spacial score (nSPS) is 16.2. The molecule has 2 aromatic carbocycles. The van der Waals surface area contributed by atoms with Crippen molar-refractivity contribution in [3.05, 3.63) is 53.6 Å². The van der Waals surface area contributed by atoms with Crippen molar-refractivity contribution in [1.82, 2.24) is 5.32 Å². The number of anilines is 1. The molecule has 154 valence electrons. The van der Waals surface area contributed by atoms with Crippen LogP contribution in [0.3, 0.4) is 0 Å². The van der Waals surface area contributed by atoms with E-state index in [9.17, 15) is 4.79 Å². The third-order valence-electron chi connectivity index (χ3n) is 5.78. The van der Waals surface area contributed by atoms with E-state index in [4.69, 9.17) is 9.47 Å². The van der Waals surface area contributed by atoms with Crippen LogP contribution >= 0.6 is 0 Å². The molecule has 0 radical (unpaired) electrons. The average Bonchev–Trinajstić information content (AvgIpc) is 3.57. The number of hydrogen-bond acceptors (Lipinski definition) is 4. The van der Waals surface area contributed by atoms with Crippen molar-refractivity contribution < 1.29 is 14.3 Å². The quantitative estimate of drug-likeness (QED) is 0.741. The van der Waals surface area contributed by atoms with E-state index in [1.54, 1.807) is 0 Å². The molecule has 1 fully saturated rings. The molecule has 0 aromatic heterocycles. The van der Waals surface area contributed by atoms with Crippen molar-refractivity contribution in [3.8, 4) is 11.5 Å². The molecule has 1 N–H and O–H groups in total. The first-order valence-corrected chi connectivity index (χ1v) is 10.5. The number of fused-ring (bicyclic) bond motifs is 1. The average molecular weight is 395 g/mol. The molecule has 1 aliphatic carbocycles. The second-order valence-electron chi connectivity index (χ2n) is 8.21. The van der Waals surface area contributed by atoms with E-state index in [0.29, 0.717) is 32.1 Å². The molecule has 0 saturated heterocycles. The number of nitrogens with zero attached hydrogens (tertiary/aromatic N) is 1. The molecule has 4 rings (SSSR count). The van der Waals surface area contributed by atoms with Crippen LogP contribution < -0.4 is 19.7 Å². The third-order valence-corrected chi connectivity index (χ3v) is 5.78. The Morgan fingerprint density at radius 2 is 1.79 bits per heavy atom. The molecule has 1 atom stereocenters. The zero-order valence-corrected chi connectivity index (χ0v) is 17.3. The summed E-state index contributed by atoms with van der Waals surface area (Å²) in [6, 6.07) is 14.6. The molecule has 29 heavy (non-hydrogen) atoms. The lowest BCUT2D eigenvalue weighted by atomic mass is 9.90. The SMILES string of the molecule is CN(C)c1ccc(CCNC(=O)CC(c2ccc3c(c2)OCCO3)C2CC2)cc1. The maximum Gasteiger partial charge on any atom is 0.220 e.